The summed E-state index contributed by atoms with van der Waals surface area (Å²) in [6.07, 6.45) is 6.09. The van der Waals surface area contributed by atoms with Gasteiger partial charge < -0.3 is 15.5 Å². The Morgan fingerprint density at radius 1 is 1.14 bits per heavy atom. The monoisotopic (exact) mass is 290 g/mol. The summed E-state index contributed by atoms with van der Waals surface area (Å²) in [5.41, 5.74) is 6.33. The number of nitrogens with zero attached hydrogens (tertiary/aromatic N) is 5. The molecule has 6 nitrogen and oxygen atoms in total. The molecule has 0 amide bonds. The number of piperidine rings is 1. The number of likely N-dealkylation sites (N-methyl/N-ethyl adjacent to an activating group) is 1. The summed E-state index contributed by atoms with van der Waals surface area (Å²) in [5.74, 6) is 0.847. The SMILES string of the molecule is CN1CCCC(CN)(N2CCN(c3ncccn3)CC2)C1. The summed E-state index contributed by atoms with van der Waals surface area (Å²) in [6, 6.07) is 1.86. The van der Waals surface area contributed by atoms with E-state index in [4.69, 9.17) is 5.73 Å². The molecule has 3 rings (SSSR count). The summed E-state index contributed by atoms with van der Waals surface area (Å²) >= 11 is 0. The Morgan fingerprint density at radius 2 is 1.86 bits per heavy atom. The Morgan fingerprint density at radius 3 is 2.48 bits per heavy atom. The molecule has 0 spiro atoms. The molecule has 0 bridgehead atoms. The van der Waals surface area contributed by atoms with Gasteiger partial charge in [-0.2, -0.15) is 0 Å². The van der Waals surface area contributed by atoms with Crippen molar-refractivity contribution < 1.29 is 0 Å². The fourth-order valence-electron chi connectivity index (χ4n) is 3.73. The quantitative estimate of drug-likeness (QED) is 0.847. The minimum Gasteiger partial charge on any atom is -0.338 e. The van der Waals surface area contributed by atoms with Gasteiger partial charge in [-0.1, -0.05) is 0 Å². The number of likely N-dealkylation sites (tertiary alicyclic amines) is 1. The van der Waals surface area contributed by atoms with Crippen LogP contribution in [-0.2, 0) is 0 Å². The van der Waals surface area contributed by atoms with E-state index in [0.29, 0.717) is 0 Å². The molecule has 116 valence electrons. The van der Waals surface area contributed by atoms with Crippen molar-refractivity contribution in [3.8, 4) is 0 Å². The maximum absolute atomic E-state index is 6.17. The first kappa shape index (κ1) is 14.7. The van der Waals surface area contributed by atoms with E-state index in [1.165, 1.54) is 19.4 Å². The molecule has 6 heteroatoms. The predicted molar refractivity (Wildman–Crippen MR) is 84.3 cm³/mol. The van der Waals surface area contributed by atoms with Gasteiger partial charge in [0.1, 0.15) is 0 Å². The second-order valence-electron chi connectivity index (χ2n) is 6.29. The molecule has 1 atom stereocenters. The zero-order valence-electron chi connectivity index (χ0n) is 12.9. The fourth-order valence-corrected chi connectivity index (χ4v) is 3.73. The molecule has 1 unspecified atom stereocenters. The van der Waals surface area contributed by atoms with Crippen LogP contribution < -0.4 is 10.6 Å². The van der Waals surface area contributed by atoms with Gasteiger partial charge in [0, 0.05) is 57.2 Å². The van der Waals surface area contributed by atoms with E-state index in [1.54, 1.807) is 0 Å². The molecule has 3 heterocycles. The average Bonchev–Trinajstić information content (AvgIpc) is 2.56. The number of piperazine rings is 1. The molecule has 1 aromatic heterocycles. The van der Waals surface area contributed by atoms with Crippen LogP contribution in [0, 0.1) is 0 Å². The molecule has 1 aromatic rings. The maximum atomic E-state index is 6.17. The summed E-state index contributed by atoms with van der Waals surface area (Å²) in [5, 5.41) is 0. The van der Waals surface area contributed by atoms with Crippen molar-refractivity contribution in [2.45, 2.75) is 18.4 Å². The lowest BCUT2D eigenvalue weighted by Crippen LogP contribution is -2.65. The van der Waals surface area contributed by atoms with E-state index in [1.807, 2.05) is 18.5 Å². The van der Waals surface area contributed by atoms with E-state index >= 15 is 0 Å². The zero-order valence-corrected chi connectivity index (χ0v) is 12.9. The molecule has 2 N–H and O–H groups in total. The normalized spacial score (nSPS) is 28.8. The van der Waals surface area contributed by atoms with Crippen molar-refractivity contribution in [1.82, 2.24) is 19.8 Å². The zero-order chi connectivity index (χ0) is 14.7. The Labute approximate surface area is 126 Å². The van der Waals surface area contributed by atoms with Crippen LogP contribution in [0.2, 0.25) is 0 Å². The van der Waals surface area contributed by atoms with Crippen LogP contribution in [0.5, 0.6) is 0 Å². The third-order valence-electron chi connectivity index (χ3n) is 4.91. The van der Waals surface area contributed by atoms with Crippen LogP contribution in [-0.4, -0.2) is 78.2 Å². The topological polar surface area (TPSA) is 61.5 Å². The molecule has 2 aliphatic rings. The minimum atomic E-state index is 0.163. The van der Waals surface area contributed by atoms with Crippen molar-refractivity contribution in [1.29, 1.82) is 0 Å². The Bertz CT molecular complexity index is 445. The van der Waals surface area contributed by atoms with Crippen LogP contribution in [0.15, 0.2) is 18.5 Å². The molecule has 2 saturated heterocycles. The fraction of sp³-hybridized carbons (Fsp3) is 0.733. The van der Waals surface area contributed by atoms with Gasteiger partial charge in [0.25, 0.3) is 0 Å². The van der Waals surface area contributed by atoms with Crippen molar-refractivity contribution in [3.63, 3.8) is 0 Å². The van der Waals surface area contributed by atoms with Gasteiger partial charge in [0.15, 0.2) is 0 Å². The molecule has 0 saturated carbocycles. The molecule has 0 aliphatic carbocycles. The minimum absolute atomic E-state index is 0.163. The van der Waals surface area contributed by atoms with Gasteiger partial charge in [0.2, 0.25) is 5.95 Å². The largest absolute Gasteiger partial charge is 0.338 e. The van der Waals surface area contributed by atoms with E-state index in [9.17, 15) is 0 Å². The highest BCUT2D eigenvalue weighted by Crippen LogP contribution is 2.27. The number of hydrogen-bond donors (Lipinski definition) is 1. The van der Waals surface area contributed by atoms with E-state index in [-0.39, 0.29) is 5.54 Å². The van der Waals surface area contributed by atoms with Gasteiger partial charge in [-0.15, -0.1) is 0 Å². The standard InChI is InChI=1S/C15H26N6/c1-19-7-2-4-15(12-16,13-19)21-10-8-20(9-11-21)14-17-5-3-6-18-14/h3,5-6H,2,4,7-13,16H2,1H3. The third-order valence-corrected chi connectivity index (χ3v) is 4.91. The highest BCUT2D eigenvalue weighted by atomic mass is 15.4. The molecule has 2 fully saturated rings. The lowest BCUT2D eigenvalue weighted by atomic mass is 9.86. The number of hydrogen-bond acceptors (Lipinski definition) is 6. The highest BCUT2D eigenvalue weighted by Gasteiger charge is 2.40. The first-order valence-electron chi connectivity index (χ1n) is 7.89. The molecular formula is C15H26N6. The average molecular weight is 290 g/mol. The Hall–Kier alpha value is -1.24. The van der Waals surface area contributed by atoms with E-state index < -0.39 is 0 Å². The van der Waals surface area contributed by atoms with Gasteiger partial charge >= 0.3 is 0 Å². The van der Waals surface area contributed by atoms with Crippen molar-refractivity contribution >= 4 is 5.95 Å². The van der Waals surface area contributed by atoms with Crippen LogP contribution in [0.3, 0.4) is 0 Å². The number of aromatic nitrogens is 2. The second-order valence-corrected chi connectivity index (χ2v) is 6.29. The molecular weight excluding hydrogens is 264 g/mol. The molecule has 21 heavy (non-hydrogen) atoms. The third kappa shape index (κ3) is 3.02. The number of rotatable bonds is 3. The van der Waals surface area contributed by atoms with Crippen molar-refractivity contribution in [3.05, 3.63) is 18.5 Å². The Kier molecular flexibility index (Phi) is 4.37. The number of anilines is 1. The summed E-state index contributed by atoms with van der Waals surface area (Å²) in [4.78, 5) is 16.0. The van der Waals surface area contributed by atoms with Gasteiger partial charge in [0.05, 0.1) is 0 Å². The highest BCUT2D eigenvalue weighted by molar-refractivity contribution is 5.29. The lowest BCUT2D eigenvalue weighted by Gasteiger charge is -2.51. The lowest BCUT2D eigenvalue weighted by molar-refractivity contribution is 0.0218. The number of nitrogens with two attached hydrogens (primary N) is 1. The van der Waals surface area contributed by atoms with Gasteiger partial charge in [-0.3, -0.25) is 4.90 Å². The van der Waals surface area contributed by atoms with Crippen molar-refractivity contribution in [2.24, 2.45) is 5.73 Å². The van der Waals surface area contributed by atoms with Gasteiger partial charge in [-0.05, 0) is 32.5 Å². The van der Waals surface area contributed by atoms with Crippen LogP contribution in [0.25, 0.3) is 0 Å². The summed E-state index contributed by atoms with van der Waals surface area (Å²) in [6.45, 7) is 7.08. The summed E-state index contributed by atoms with van der Waals surface area (Å²) in [7, 11) is 2.21. The van der Waals surface area contributed by atoms with Crippen LogP contribution in [0.1, 0.15) is 12.8 Å². The van der Waals surface area contributed by atoms with Crippen LogP contribution in [0.4, 0.5) is 5.95 Å². The van der Waals surface area contributed by atoms with Gasteiger partial charge in [-0.25, -0.2) is 9.97 Å². The molecule has 2 aliphatic heterocycles. The summed E-state index contributed by atoms with van der Waals surface area (Å²) < 4.78 is 0. The van der Waals surface area contributed by atoms with E-state index in [2.05, 4.69) is 31.7 Å². The Balaban J connectivity index is 1.64. The smallest absolute Gasteiger partial charge is 0.225 e. The first-order valence-corrected chi connectivity index (χ1v) is 7.89. The van der Waals surface area contributed by atoms with E-state index in [0.717, 1.165) is 45.2 Å². The predicted octanol–water partition coefficient (Wildman–Crippen LogP) is 0.0217. The first-order chi connectivity index (χ1) is 10.2. The second kappa shape index (κ2) is 6.25. The molecule has 0 radical (unpaired) electrons. The maximum Gasteiger partial charge on any atom is 0.225 e. The van der Waals surface area contributed by atoms with Crippen molar-refractivity contribution in [2.75, 3.05) is 57.8 Å². The molecule has 0 aromatic carbocycles. The van der Waals surface area contributed by atoms with Crippen LogP contribution >= 0.6 is 0 Å².